The Bertz CT molecular complexity index is 575. The molecule has 132 valence electrons. The molecule has 2 aliphatic carbocycles. The molecule has 2 saturated carbocycles. The molecule has 1 heterocycles. The first-order valence-electron chi connectivity index (χ1n) is 8.80. The molecule has 3 aliphatic rings. The lowest BCUT2D eigenvalue weighted by Gasteiger charge is -2.36. The maximum absolute atomic E-state index is 12.8. The summed E-state index contributed by atoms with van der Waals surface area (Å²) in [5, 5.41) is 2.80. The zero-order valence-electron chi connectivity index (χ0n) is 14.0. The van der Waals surface area contributed by atoms with Crippen molar-refractivity contribution >= 4 is 23.7 Å². The molecular weight excluding hydrogens is 312 g/mol. The Balaban J connectivity index is 1.64. The normalized spacial score (nSPS) is 33.7. The highest BCUT2D eigenvalue weighted by Gasteiger charge is 2.55. The fraction of sp³-hybridized carbons (Fsp3) is 0.765. The summed E-state index contributed by atoms with van der Waals surface area (Å²) in [5.41, 5.74) is -0.879. The van der Waals surface area contributed by atoms with Gasteiger partial charge in [0.1, 0.15) is 12.1 Å². The second-order valence-corrected chi connectivity index (χ2v) is 7.13. The smallest absolute Gasteiger partial charge is 0.326 e. The zero-order chi connectivity index (χ0) is 17.3. The van der Waals surface area contributed by atoms with Crippen molar-refractivity contribution in [3.63, 3.8) is 0 Å². The van der Waals surface area contributed by atoms with E-state index in [9.17, 15) is 19.2 Å². The van der Waals surface area contributed by atoms with Gasteiger partial charge in [0.25, 0.3) is 5.91 Å². The molecule has 7 heteroatoms. The molecule has 0 aromatic carbocycles. The molecule has 0 aromatic rings. The highest BCUT2D eigenvalue weighted by Crippen LogP contribution is 2.38. The molecule has 24 heavy (non-hydrogen) atoms. The van der Waals surface area contributed by atoms with E-state index in [-0.39, 0.29) is 17.6 Å². The second kappa shape index (κ2) is 6.53. The number of rotatable bonds is 3. The van der Waals surface area contributed by atoms with Crippen LogP contribution in [0.5, 0.6) is 0 Å². The number of Topliss-reactive ketones (excluding diaryl/α,β-unsaturated/α-hetero) is 1. The molecule has 0 aromatic heterocycles. The van der Waals surface area contributed by atoms with Crippen molar-refractivity contribution in [2.75, 3.05) is 6.54 Å². The lowest BCUT2D eigenvalue weighted by molar-refractivity contribution is -0.158. The van der Waals surface area contributed by atoms with Crippen LogP contribution in [-0.2, 0) is 19.1 Å². The van der Waals surface area contributed by atoms with E-state index in [1.165, 1.54) is 0 Å². The number of hydrogen-bond acceptors (Lipinski definition) is 5. The fourth-order valence-corrected chi connectivity index (χ4v) is 4.04. The average Bonchev–Trinajstić information content (AvgIpc) is 2.78. The molecule has 3 rings (SSSR count). The van der Waals surface area contributed by atoms with Gasteiger partial charge in [0, 0.05) is 6.42 Å². The van der Waals surface area contributed by atoms with Gasteiger partial charge < -0.3 is 10.1 Å². The van der Waals surface area contributed by atoms with Crippen molar-refractivity contribution in [1.29, 1.82) is 0 Å². The SMILES string of the molecule is C[C@H]1CCCC[C@@]12NC(=O)N(CC(=O)O[C@@H]1CCCCC1=O)C2=O. The molecule has 0 unspecified atom stereocenters. The minimum Gasteiger partial charge on any atom is -0.453 e. The van der Waals surface area contributed by atoms with Crippen LogP contribution in [-0.4, -0.2) is 46.8 Å². The van der Waals surface area contributed by atoms with Crippen LogP contribution in [0, 0.1) is 5.92 Å². The number of hydrogen-bond donors (Lipinski definition) is 1. The molecule has 1 spiro atoms. The summed E-state index contributed by atoms with van der Waals surface area (Å²) in [5.74, 6) is -1.07. The number of urea groups is 1. The third-order valence-corrected chi connectivity index (χ3v) is 5.56. The molecule has 7 nitrogen and oxygen atoms in total. The minimum absolute atomic E-state index is 0.0450. The van der Waals surface area contributed by atoms with Gasteiger partial charge in [-0.05, 0) is 38.0 Å². The quantitative estimate of drug-likeness (QED) is 0.623. The summed E-state index contributed by atoms with van der Waals surface area (Å²) in [4.78, 5) is 49.8. The Morgan fingerprint density at radius 1 is 1.21 bits per heavy atom. The first-order chi connectivity index (χ1) is 11.4. The highest BCUT2D eigenvalue weighted by atomic mass is 16.5. The van der Waals surface area contributed by atoms with Crippen molar-refractivity contribution in [3.8, 4) is 0 Å². The van der Waals surface area contributed by atoms with Crippen LogP contribution in [0.4, 0.5) is 4.79 Å². The van der Waals surface area contributed by atoms with Gasteiger partial charge in [-0.3, -0.25) is 19.3 Å². The Morgan fingerprint density at radius 3 is 2.67 bits per heavy atom. The second-order valence-electron chi connectivity index (χ2n) is 7.13. The number of imide groups is 1. The van der Waals surface area contributed by atoms with Crippen LogP contribution in [0.3, 0.4) is 0 Å². The molecule has 1 saturated heterocycles. The Kier molecular flexibility index (Phi) is 4.60. The van der Waals surface area contributed by atoms with Crippen LogP contribution in [0.2, 0.25) is 0 Å². The predicted molar refractivity (Wildman–Crippen MR) is 84.0 cm³/mol. The third-order valence-electron chi connectivity index (χ3n) is 5.56. The summed E-state index contributed by atoms with van der Waals surface area (Å²) >= 11 is 0. The first kappa shape index (κ1) is 16.9. The maximum Gasteiger partial charge on any atom is 0.326 e. The van der Waals surface area contributed by atoms with E-state index in [4.69, 9.17) is 4.74 Å². The molecule has 0 radical (unpaired) electrons. The van der Waals surface area contributed by atoms with Crippen molar-refractivity contribution in [2.45, 2.75) is 69.9 Å². The van der Waals surface area contributed by atoms with E-state index in [1.54, 1.807) is 0 Å². The van der Waals surface area contributed by atoms with E-state index >= 15 is 0 Å². The lowest BCUT2D eigenvalue weighted by atomic mass is 9.73. The van der Waals surface area contributed by atoms with Crippen LogP contribution in [0.15, 0.2) is 0 Å². The van der Waals surface area contributed by atoms with Gasteiger partial charge in [0.05, 0.1) is 0 Å². The van der Waals surface area contributed by atoms with Crippen LogP contribution in [0.25, 0.3) is 0 Å². The van der Waals surface area contributed by atoms with E-state index in [0.29, 0.717) is 19.3 Å². The highest BCUT2D eigenvalue weighted by molar-refractivity contribution is 6.09. The van der Waals surface area contributed by atoms with E-state index < -0.39 is 30.2 Å². The van der Waals surface area contributed by atoms with E-state index in [1.807, 2.05) is 6.92 Å². The van der Waals surface area contributed by atoms with Gasteiger partial charge in [-0.1, -0.05) is 19.8 Å². The number of ketones is 1. The first-order valence-corrected chi connectivity index (χ1v) is 8.80. The summed E-state index contributed by atoms with van der Waals surface area (Å²) < 4.78 is 5.20. The topological polar surface area (TPSA) is 92.8 Å². The number of carbonyl (C=O) groups excluding carboxylic acids is 4. The summed E-state index contributed by atoms with van der Waals surface area (Å²) in [7, 11) is 0. The molecule has 3 fully saturated rings. The van der Waals surface area contributed by atoms with Gasteiger partial charge in [-0.2, -0.15) is 0 Å². The zero-order valence-corrected chi connectivity index (χ0v) is 14.0. The molecular formula is C17H24N2O5. The van der Waals surface area contributed by atoms with Gasteiger partial charge in [-0.15, -0.1) is 0 Å². The van der Waals surface area contributed by atoms with Crippen molar-refractivity contribution in [3.05, 3.63) is 0 Å². The third kappa shape index (κ3) is 2.91. The Labute approximate surface area is 141 Å². The number of nitrogens with zero attached hydrogens (tertiary/aromatic N) is 1. The fourth-order valence-electron chi connectivity index (χ4n) is 4.04. The molecule has 3 amide bonds. The van der Waals surface area contributed by atoms with Gasteiger partial charge in [0.2, 0.25) is 0 Å². The van der Waals surface area contributed by atoms with Crippen molar-refractivity contribution in [2.24, 2.45) is 5.92 Å². The largest absolute Gasteiger partial charge is 0.453 e. The average molecular weight is 336 g/mol. The van der Waals surface area contributed by atoms with Crippen LogP contribution < -0.4 is 5.32 Å². The predicted octanol–water partition coefficient (Wildman–Crippen LogP) is 1.54. The standard InChI is InChI=1S/C17H24N2O5/c1-11-6-4-5-9-17(11)15(22)19(16(23)18-17)10-14(21)24-13-8-3-2-7-12(13)20/h11,13H,2-10H2,1H3,(H,18,23)/t11-,13+,17+/m0/s1. The monoisotopic (exact) mass is 336 g/mol. The van der Waals surface area contributed by atoms with Crippen LogP contribution >= 0.6 is 0 Å². The van der Waals surface area contributed by atoms with Gasteiger partial charge in [0.15, 0.2) is 11.9 Å². The van der Waals surface area contributed by atoms with E-state index in [2.05, 4.69) is 5.32 Å². The number of ether oxygens (including phenoxy) is 1. The van der Waals surface area contributed by atoms with Gasteiger partial charge in [-0.25, -0.2) is 4.79 Å². The number of amides is 3. The minimum atomic E-state index is -0.879. The number of esters is 1. The summed E-state index contributed by atoms with van der Waals surface area (Å²) in [6.45, 7) is 1.53. The van der Waals surface area contributed by atoms with E-state index in [0.717, 1.165) is 37.0 Å². The Hall–Kier alpha value is -1.92. The summed E-state index contributed by atoms with van der Waals surface area (Å²) in [6, 6.07) is -0.541. The Morgan fingerprint density at radius 2 is 1.96 bits per heavy atom. The van der Waals surface area contributed by atoms with Gasteiger partial charge >= 0.3 is 12.0 Å². The summed E-state index contributed by atoms with van der Waals surface area (Å²) in [6.07, 6.45) is 5.27. The molecule has 1 aliphatic heterocycles. The number of nitrogens with one attached hydrogen (secondary N) is 1. The maximum atomic E-state index is 12.8. The molecule has 3 atom stereocenters. The van der Waals surface area contributed by atoms with Crippen molar-refractivity contribution in [1.82, 2.24) is 10.2 Å². The van der Waals surface area contributed by atoms with Crippen LogP contribution in [0.1, 0.15) is 58.3 Å². The number of carbonyl (C=O) groups is 4. The van der Waals surface area contributed by atoms with Crippen molar-refractivity contribution < 1.29 is 23.9 Å². The molecule has 1 N–H and O–H groups in total. The lowest BCUT2D eigenvalue weighted by Crippen LogP contribution is -2.54. The molecule has 0 bridgehead atoms.